The molecule has 1 saturated heterocycles. The fourth-order valence-electron chi connectivity index (χ4n) is 5.10. The maximum absolute atomic E-state index is 6.45. The molecule has 1 fully saturated rings. The van der Waals surface area contributed by atoms with Crippen LogP contribution in [0.2, 0.25) is 0 Å². The van der Waals surface area contributed by atoms with E-state index in [1.807, 2.05) is 32.2 Å². The predicted octanol–water partition coefficient (Wildman–Crippen LogP) is 4.15. The molecule has 31 heavy (non-hydrogen) atoms. The summed E-state index contributed by atoms with van der Waals surface area (Å²) in [5, 5.41) is 7.63. The van der Waals surface area contributed by atoms with Gasteiger partial charge in [0.2, 0.25) is 0 Å². The van der Waals surface area contributed by atoms with E-state index in [2.05, 4.69) is 38.2 Å². The standard InChI is InChI=1S/C24H25N5O2/c1-14-21(15(2)31-28-14)17-6-7-19-22-23(17)30-13-20(18-5-3-4-10-26-18)29(22)24(27-19)16-8-11-25-12-9-16/h3-7,10,16,20,25H,8-9,11-13H2,1-2H3/t20-/m1/s1. The number of piperidine rings is 1. The van der Waals surface area contributed by atoms with Crippen LogP contribution in [0.1, 0.15) is 47.8 Å². The summed E-state index contributed by atoms with van der Waals surface area (Å²) in [6.07, 6.45) is 4.03. The third kappa shape index (κ3) is 2.87. The lowest BCUT2D eigenvalue weighted by atomic mass is 9.96. The van der Waals surface area contributed by atoms with Gasteiger partial charge in [0.05, 0.1) is 22.5 Å². The van der Waals surface area contributed by atoms with E-state index in [9.17, 15) is 0 Å². The Kier molecular flexibility index (Phi) is 4.31. The molecule has 0 bridgehead atoms. The van der Waals surface area contributed by atoms with Crippen molar-refractivity contribution in [2.75, 3.05) is 19.7 Å². The highest BCUT2D eigenvalue weighted by molar-refractivity contribution is 5.93. The summed E-state index contributed by atoms with van der Waals surface area (Å²) in [5.74, 6) is 3.24. The molecule has 7 heteroatoms. The highest BCUT2D eigenvalue weighted by atomic mass is 16.5. The Labute approximate surface area is 180 Å². The topological polar surface area (TPSA) is 78.0 Å². The molecular formula is C24H25N5O2. The highest BCUT2D eigenvalue weighted by Crippen LogP contribution is 2.45. The number of hydrogen-bond acceptors (Lipinski definition) is 6. The van der Waals surface area contributed by atoms with Gasteiger partial charge in [0, 0.05) is 17.7 Å². The Balaban J connectivity index is 1.62. The maximum Gasteiger partial charge on any atom is 0.153 e. The molecule has 7 nitrogen and oxygen atoms in total. The molecular weight excluding hydrogens is 390 g/mol. The van der Waals surface area contributed by atoms with E-state index >= 15 is 0 Å². The Morgan fingerprint density at radius 3 is 2.71 bits per heavy atom. The molecule has 0 saturated carbocycles. The first-order valence-corrected chi connectivity index (χ1v) is 10.9. The van der Waals surface area contributed by atoms with Crippen LogP contribution < -0.4 is 10.1 Å². The minimum atomic E-state index is 0.00324. The smallest absolute Gasteiger partial charge is 0.153 e. The Morgan fingerprint density at radius 1 is 1.10 bits per heavy atom. The first-order valence-electron chi connectivity index (χ1n) is 10.9. The van der Waals surface area contributed by atoms with E-state index in [-0.39, 0.29) is 6.04 Å². The van der Waals surface area contributed by atoms with Gasteiger partial charge in [-0.25, -0.2) is 4.98 Å². The SMILES string of the molecule is Cc1noc(C)c1-c1ccc2nc(C3CCNCC3)n3c2c1OC[C@@H]3c1ccccn1. The molecule has 2 aliphatic heterocycles. The molecule has 1 aromatic carbocycles. The molecule has 158 valence electrons. The Morgan fingerprint density at radius 2 is 1.97 bits per heavy atom. The van der Waals surface area contributed by atoms with Gasteiger partial charge < -0.3 is 19.1 Å². The summed E-state index contributed by atoms with van der Waals surface area (Å²) < 4.78 is 14.3. The lowest BCUT2D eigenvalue weighted by Crippen LogP contribution is -2.31. The van der Waals surface area contributed by atoms with Crippen molar-refractivity contribution in [1.82, 2.24) is 25.0 Å². The first-order chi connectivity index (χ1) is 15.2. The van der Waals surface area contributed by atoms with Crippen molar-refractivity contribution < 1.29 is 9.26 Å². The van der Waals surface area contributed by atoms with Crippen molar-refractivity contribution in [3.8, 4) is 16.9 Å². The maximum atomic E-state index is 6.45. The van der Waals surface area contributed by atoms with Crippen LogP contribution in [0.5, 0.6) is 5.75 Å². The third-order valence-corrected chi connectivity index (χ3v) is 6.57. The summed E-state index contributed by atoms with van der Waals surface area (Å²) >= 11 is 0. The van der Waals surface area contributed by atoms with E-state index in [0.717, 1.165) is 76.8 Å². The fraction of sp³-hybridized carbons (Fsp3) is 0.375. The Hall–Kier alpha value is -3.19. The molecule has 3 aromatic heterocycles. The molecule has 1 N–H and O–H groups in total. The number of nitrogens with one attached hydrogen (secondary N) is 1. The molecule has 0 spiro atoms. The molecule has 2 aliphatic rings. The number of nitrogens with zero attached hydrogens (tertiary/aromatic N) is 4. The van der Waals surface area contributed by atoms with Crippen LogP contribution in [-0.2, 0) is 0 Å². The fourth-order valence-corrected chi connectivity index (χ4v) is 5.10. The van der Waals surface area contributed by atoms with Crippen molar-refractivity contribution in [3.05, 3.63) is 59.5 Å². The number of ether oxygens (including phenoxy) is 1. The summed E-state index contributed by atoms with van der Waals surface area (Å²) in [4.78, 5) is 9.80. The van der Waals surface area contributed by atoms with Gasteiger partial charge in [-0.15, -0.1) is 0 Å². The number of hydrogen-bond donors (Lipinski definition) is 1. The van der Waals surface area contributed by atoms with Gasteiger partial charge in [0.15, 0.2) is 5.75 Å². The van der Waals surface area contributed by atoms with Gasteiger partial charge in [-0.2, -0.15) is 0 Å². The summed E-state index contributed by atoms with van der Waals surface area (Å²) in [5.41, 5.74) is 5.91. The minimum Gasteiger partial charge on any atom is -0.488 e. The highest BCUT2D eigenvalue weighted by Gasteiger charge is 2.34. The number of imidazole rings is 1. The number of rotatable bonds is 3. The van der Waals surface area contributed by atoms with Gasteiger partial charge in [0.25, 0.3) is 0 Å². The zero-order valence-corrected chi connectivity index (χ0v) is 17.8. The van der Waals surface area contributed by atoms with Crippen LogP contribution >= 0.6 is 0 Å². The first kappa shape index (κ1) is 18.6. The van der Waals surface area contributed by atoms with Crippen LogP contribution in [-0.4, -0.2) is 39.4 Å². The number of aryl methyl sites for hydroxylation is 2. The normalized spacial score (nSPS) is 19.0. The van der Waals surface area contributed by atoms with Gasteiger partial charge in [-0.3, -0.25) is 4.98 Å². The largest absolute Gasteiger partial charge is 0.488 e. The van der Waals surface area contributed by atoms with E-state index in [1.54, 1.807) is 0 Å². The van der Waals surface area contributed by atoms with E-state index in [1.165, 1.54) is 0 Å². The van der Waals surface area contributed by atoms with Crippen molar-refractivity contribution in [1.29, 1.82) is 0 Å². The summed E-state index contributed by atoms with van der Waals surface area (Å²) in [6, 6.07) is 10.3. The van der Waals surface area contributed by atoms with Crippen molar-refractivity contribution in [2.24, 2.45) is 0 Å². The monoisotopic (exact) mass is 415 g/mol. The van der Waals surface area contributed by atoms with E-state index in [0.29, 0.717) is 12.5 Å². The molecule has 0 radical (unpaired) electrons. The second-order valence-corrected chi connectivity index (χ2v) is 8.45. The van der Waals surface area contributed by atoms with Crippen molar-refractivity contribution >= 4 is 11.0 Å². The number of benzene rings is 1. The van der Waals surface area contributed by atoms with Crippen LogP contribution in [0.3, 0.4) is 0 Å². The quantitative estimate of drug-likeness (QED) is 0.542. The van der Waals surface area contributed by atoms with Gasteiger partial charge in [-0.05, 0) is 64.0 Å². The zero-order valence-electron chi connectivity index (χ0n) is 17.8. The lowest BCUT2D eigenvalue weighted by Gasteiger charge is -2.31. The molecule has 5 heterocycles. The lowest BCUT2D eigenvalue weighted by molar-refractivity contribution is 0.251. The van der Waals surface area contributed by atoms with Crippen LogP contribution in [0.15, 0.2) is 41.1 Å². The molecule has 1 atom stereocenters. The van der Waals surface area contributed by atoms with E-state index in [4.69, 9.17) is 14.2 Å². The number of pyridine rings is 1. The van der Waals surface area contributed by atoms with Crippen LogP contribution in [0.25, 0.3) is 22.2 Å². The van der Waals surface area contributed by atoms with Crippen LogP contribution in [0, 0.1) is 13.8 Å². The summed E-state index contributed by atoms with van der Waals surface area (Å²) in [6.45, 7) is 6.49. The molecule has 6 rings (SSSR count). The molecule has 0 unspecified atom stereocenters. The van der Waals surface area contributed by atoms with Crippen molar-refractivity contribution in [3.63, 3.8) is 0 Å². The molecule has 0 aliphatic carbocycles. The van der Waals surface area contributed by atoms with Gasteiger partial charge >= 0.3 is 0 Å². The molecule has 0 amide bonds. The second-order valence-electron chi connectivity index (χ2n) is 8.45. The average Bonchev–Trinajstić information content (AvgIpc) is 3.37. The zero-order chi connectivity index (χ0) is 20.9. The number of aromatic nitrogens is 4. The van der Waals surface area contributed by atoms with Gasteiger partial charge in [0.1, 0.15) is 29.8 Å². The molecule has 4 aromatic rings. The summed E-state index contributed by atoms with van der Waals surface area (Å²) in [7, 11) is 0. The van der Waals surface area contributed by atoms with Crippen molar-refractivity contribution in [2.45, 2.75) is 38.6 Å². The van der Waals surface area contributed by atoms with Gasteiger partial charge in [-0.1, -0.05) is 11.2 Å². The minimum absolute atomic E-state index is 0.00324. The average molecular weight is 415 g/mol. The third-order valence-electron chi connectivity index (χ3n) is 6.57. The van der Waals surface area contributed by atoms with E-state index < -0.39 is 0 Å². The second kappa shape index (κ2) is 7.20. The van der Waals surface area contributed by atoms with Crippen LogP contribution in [0.4, 0.5) is 0 Å². The Bertz CT molecular complexity index is 1230. The predicted molar refractivity (Wildman–Crippen MR) is 117 cm³/mol.